The Kier molecular flexibility index (Phi) is 6.05. The first-order chi connectivity index (χ1) is 13.0. The molecule has 2 heterocycles. The van der Waals surface area contributed by atoms with E-state index in [-0.39, 0.29) is 23.3 Å². The Balaban J connectivity index is 1.59. The fourth-order valence-corrected chi connectivity index (χ4v) is 4.30. The SMILES string of the molecule is CC[C@@H](OC)C(=O)N1CCC2(CC1)CC(=O)N(Cc1cccc(OC)c1)C2. The molecule has 0 radical (unpaired) electrons. The molecule has 0 unspecified atom stereocenters. The molecule has 2 fully saturated rings. The van der Waals surface area contributed by atoms with Crippen LogP contribution in [0.5, 0.6) is 5.75 Å². The number of ether oxygens (including phenoxy) is 2. The van der Waals surface area contributed by atoms with Gasteiger partial charge in [0.1, 0.15) is 11.9 Å². The quantitative estimate of drug-likeness (QED) is 0.767. The molecule has 2 aliphatic heterocycles. The minimum absolute atomic E-state index is 0.00150. The number of hydrogen-bond donors (Lipinski definition) is 0. The summed E-state index contributed by atoms with van der Waals surface area (Å²) in [6.45, 7) is 4.76. The monoisotopic (exact) mass is 374 g/mol. The summed E-state index contributed by atoms with van der Waals surface area (Å²) in [5.41, 5.74) is 1.08. The third-order valence-corrected chi connectivity index (χ3v) is 5.98. The van der Waals surface area contributed by atoms with Crippen LogP contribution >= 0.6 is 0 Å². The van der Waals surface area contributed by atoms with Crippen LogP contribution in [-0.4, -0.2) is 61.6 Å². The molecule has 0 saturated carbocycles. The maximum atomic E-state index is 12.6. The highest BCUT2D eigenvalue weighted by atomic mass is 16.5. The lowest BCUT2D eigenvalue weighted by molar-refractivity contribution is -0.144. The number of likely N-dealkylation sites (tertiary alicyclic amines) is 2. The van der Waals surface area contributed by atoms with Crippen molar-refractivity contribution in [2.75, 3.05) is 33.9 Å². The van der Waals surface area contributed by atoms with E-state index in [1.54, 1.807) is 14.2 Å². The predicted molar refractivity (Wildman–Crippen MR) is 102 cm³/mol. The molecule has 0 N–H and O–H groups in total. The summed E-state index contributed by atoms with van der Waals surface area (Å²) in [4.78, 5) is 29.0. The van der Waals surface area contributed by atoms with Crippen molar-refractivity contribution in [3.63, 3.8) is 0 Å². The van der Waals surface area contributed by atoms with E-state index in [4.69, 9.17) is 9.47 Å². The van der Waals surface area contributed by atoms with Gasteiger partial charge < -0.3 is 19.3 Å². The fraction of sp³-hybridized carbons (Fsp3) is 0.619. The Hall–Kier alpha value is -2.08. The lowest BCUT2D eigenvalue weighted by Gasteiger charge is -2.39. The number of methoxy groups -OCH3 is 2. The summed E-state index contributed by atoms with van der Waals surface area (Å²) in [5.74, 6) is 1.10. The smallest absolute Gasteiger partial charge is 0.251 e. The number of nitrogens with zero attached hydrogens (tertiary/aromatic N) is 2. The van der Waals surface area contributed by atoms with E-state index in [9.17, 15) is 9.59 Å². The van der Waals surface area contributed by atoms with E-state index >= 15 is 0 Å². The molecule has 0 bridgehead atoms. The Morgan fingerprint density at radius 2 is 2.00 bits per heavy atom. The average Bonchev–Trinajstić information content (AvgIpc) is 2.98. The molecule has 27 heavy (non-hydrogen) atoms. The van der Waals surface area contributed by atoms with Crippen LogP contribution in [0.4, 0.5) is 0 Å². The minimum atomic E-state index is -0.353. The van der Waals surface area contributed by atoms with Crippen LogP contribution in [0.15, 0.2) is 24.3 Å². The van der Waals surface area contributed by atoms with Crippen LogP contribution in [0.1, 0.15) is 38.2 Å². The zero-order chi connectivity index (χ0) is 19.4. The highest BCUT2D eigenvalue weighted by Crippen LogP contribution is 2.41. The minimum Gasteiger partial charge on any atom is -0.497 e. The fourth-order valence-electron chi connectivity index (χ4n) is 4.30. The maximum absolute atomic E-state index is 12.6. The molecule has 3 rings (SSSR count). The van der Waals surface area contributed by atoms with Crippen LogP contribution in [0.25, 0.3) is 0 Å². The number of carbonyl (C=O) groups is 2. The van der Waals surface area contributed by atoms with E-state index in [0.717, 1.165) is 30.7 Å². The number of rotatable bonds is 6. The zero-order valence-electron chi connectivity index (χ0n) is 16.6. The molecular formula is C21H30N2O4. The molecular weight excluding hydrogens is 344 g/mol. The van der Waals surface area contributed by atoms with Gasteiger partial charge in [0.05, 0.1) is 7.11 Å². The number of amides is 2. The topological polar surface area (TPSA) is 59.1 Å². The molecule has 6 nitrogen and oxygen atoms in total. The average molecular weight is 374 g/mol. The zero-order valence-corrected chi connectivity index (χ0v) is 16.6. The molecule has 0 aliphatic carbocycles. The number of carbonyl (C=O) groups excluding carboxylic acids is 2. The first kappa shape index (κ1) is 19.7. The summed E-state index contributed by atoms with van der Waals surface area (Å²) in [6, 6.07) is 7.87. The highest BCUT2D eigenvalue weighted by Gasteiger charge is 2.45. The molecule has 2 amide bonds. The Morgan fingerprint density at radius 1 is 1.26 bits per heavy atom. The van der Waals surface area contributed by atoms with Crippen molar-refractivity contribution >= 4 is 11.8 Å². The Labute approximate surface area is 161 Å². The van der Waals surface area contributed by atoms with Crippen LogP contribution in [0, 0.1) is 5.41 Å². The van der Waals surface area contributed by atoms with E-state index in [2.05, 4.69) is 0 Å². The molecule has 0 aromatic heterocycles. The number of piperidine rings is 1. The van der Waals surface area contributed by atoms with Gasteiger partial charge in [-0.2, -0.15) is 0 Å². The summed E-state index contributed by atoms with van der Waals surface area (Å²) < 4.78 is 10.6. The largest absolute Gasteiger partial charge is 0.497 e. The van der Waals surface area contributed by atoms with E-state index < -0.39 is 0 Å². The maximum Gasteiger partial charge on any atom is 0.251 e. The van der Waals surface area contributed by atoms with Gasteiger partial charge in [0.2, 0.25) is 5.91 Å². The standard InChI is InChI=1S/C21H30N2O4/c1-4-18(27-3)20(25)22-10-8-21(9-11-22)13-19(24)23(15-21)14-16-6-5-7-17(12-16)26-2/h5-7,12,18H,4,8-11,13-15H2,1-3H3/t18-/m1/s1. The molecule has 6 heteroatoms. The van der Waals surface area contributed by atoms with Gasteiger partial charge in [-0.3, -0.25) is 9.59 Å². The van der Waals surface area contributed by atoms with E-state index in [0.29, 0.717) is 32.5 Å². The summed E-state index contributed by atoms with van der Waals surface area (Å²) in [7, 11) is 3.24. The first-order valence-corrected chi connectivity index (χ1v) is 9.72. The second-order valence-electron chi connectivity index (χ2n) is 7.74. The molecule has 148 valence electrons. The summed E-state index contributed by atoms with van der Waals surface area (Å²) >= 11 is 0. The van der Waals surface area contributed by atoms with Crippen molar-refractivity contribution in [3.8, 4) is 5.75 Å². The van der Waals surface area contributed by atoms with Crippen molar-refractivity contribution in [2.45, 2.75) is 45.3 Å². The van der Waals surface area contributed by atoms with E-state index in [1.165, 1.54) is 0 Å². The third kappa shape index (κ3) is 4.26. The lowest BCUT2D eigenvalue weighted by Crippen LogP contribution is -2.48. The number of benzene rings is 1. The molecule has 1 aromatic rings. The second-order valence-corrected chi connectivity index (χ2v) is 7.74. The van der Waals surface area contributed by atoms with Gasteiger partial charge in [-0.1, -0.05) is 19.1 Å². The number of hydrogen-bond acceptors (Lipinski definition) is 4. The van der Waals surface area contributed by atoms with Crippen molar-refractivity contribution in [1.29, 1.82) is 0 Å². The Morgan fingerprint density at radius 3 is 2.63 bits per heavy atom. The first-order valence-electron chi connectivity index (χ1n) is 9.72. The van der Waals surface area contributed by atoms with Crippen molar-refractivity contribution in [1.82, 2.24) is 9.80 Å². The van der Waals surface area contributed by atoms with Crippen LogP contribution in [-0.2, 0) is 20.9 Å². The lowest BCUT2D eigenvalue weighted by atomic mass is 9.77. The van der Waals surface area contributed by atoms with Gasteiger partial charge in [0, 0.05) is 45.1 Å². The van der Waals surface area contributed by atoms with Crippen LogP contribution in [0.2, 0.25) is 0 Å². The summed E-state index contributed by atoms with van der Waals surface area (Å²) in [6.07, 6.45) is 2.66. The van der Waals surface area contributed by atoms with Crippen molar-refractivity contribution in [3.05, 3.63) is 29.8 Å². The molecule has 1 aromatic carbocycles. The molecule has 2 aliphatic rings. The van der Waals surface area contributed by atoms with E-state index in [1.807, 2.05) is 41.0 Å². The summed E-state index contributed by atoms with van der Waals surface area (Å²) in [5, 5.41) is 0. The normalized spacial score (nSPS) is 20.2. The molecule has 1 spiro atoms. The van der Waals surface area contributed by atoms with Gasteiger partial charge in [-0.05, 0) is 37.0 Å². The third-order valence-electron chi connectivity index (χ3n) is 5.98. The van der Waals surface area contributed by atoms with Gasteiger partial charge in [-0.15, -0.1) is 0 Å². The molecule has 1 atom stereocenters. The van der Waals surface area contributed by atoms with Crippen molar-refractivity contribution in [2.24, 2.45) is 5.41 Å². The second kappa shape index (κ2) is 8.30. The molecule has 2 saturated heterocycles. The highest BCUT2D eigenvalue weighted by molar-refractivity contribution is 5.81. The Bertz CT molecular complexity index is 679. The predicted octanol–water partition coefficient (Wildman–Crippen LogP) is 2.46. The van der Waals surface area contributed by atoms with Crippen LogP contribution in [0.3, 0.4) is 0 Å². The van der Waals surface area contributed by atoms with Gasteiger partial charge in [0.15, 0.2) is 0 Å². The van der Waals surface area contributed by atoms with Gasteiger partial charge >= 0.3 is 0 Å². The van der Waals surface area contributed by atoms with Crippen LogP contribution < -0.4 is 4.74 Å². The van der Waals surface area contributed by atoms with Gasteiger partial charge in [-0.25, -0.2) is 0 Å². The van der Waals surface area contributed by atoms with Gasteiger partial charge in [0.25, 0.3) is 5.91 Å². The van der Waals surface area contributed by atoms with Crippen molar-refractivity contribution < 1.29 is 19.1 Å².